The predicted octanol–water partition coefficient (Wildman–Crippen LogP) is 1.66. The highest BCUT2D eigenvalue weighted by Crippen LogP contribution is 2.22. The third-order valence-corrected chi connectivity index (χ3v) is 3.62. The van der Waals surface area contributed by atoms with Crippen molar-refractivity contribution < 1.29 is 9.53 Å². The Labute approximate surface area is 113 Å². The van der Waals surface area contributed by atoms with Crippen molar-refractivity contribution in [3.05, 3.63) is 42.1 Å². The maximum Gasteiger partial charge on any atom is 0.180 e. The molecule has 4 nitrogen and oxygen atoms in total. The number of nitrogens with zero attached hydrogens (tertiary/aromatic N) is 1. The van der Waals surface area contributed by atoms with Gasteiger partial charge in [-0.2, -0.15) is 0 Å². The number of benzene rings is 1. The van der Waals surface area contributed by atoms with Crippen LogP contribution >= 0.6 is 0 Å². The van der Waals surface area contributed by atoms with Crippen LogP contribution in [0.2, 0.25) is 0 Å². The van der Waals surface area contributed by atoms with Crippen molar-refractivity contribution in [2.24, 2.45) is 0 Å². The minimum absolute atomic E-state index is 0.195. The zero-order valence-electron chi connectivity index (χ0n) is 10.8. The number of hydrogen-bond donors (Lipinski definition) is 1. The summed E-state index contributed by atoms with van der Waals surface area (Å²) in [5.74, 6) is 0.195. The molecule has 0 aromatic heterocycles. The van der Waals surface area contributed by atoms with Crippen molar-refractivity contribution in [2.45, 2.75) is 12.5 Å². The summed E-state index contributed by atoms with van der Waals surface area (Å²) in [5, 5.41) is 3.21. The van der Waals surface area contributed by atoms with Crippen LogP contribution in [0.15, 0.2) is 42.1 Å². The van der Waals surface area contributed by atoms with E-state index in [2.05, 4.69) is 16.3 Å². The molecule has 1 aliphatic heterocycles. The fourth-order valence-electron chi connectivity index (χ4n) is 2.58. The van der Waals surface area contributed by atoms with E-state index >= 15 is 0 Å². The number of para-hydroxylation sites is 1. The first-order valence-electron chi connectivity index (χ1n) is 6.72. The molecule has 0 spiro atoms. The van der Waals surface area contributed by atoms with E-state index in [0.29, 0.717) is 6.42 Å². The summed E-state index contributed by atoms with van der Waals surface area (Å²) in [4.78, 5) is 14.4. The molecule has 1 N–H and O–H groups in total. The second-order valence-electron chi connectivity index (χ2n) is 4.91. The van der Waals surface area contributed by atoms with Gasteiger partial charge in [0.15, 0.2) is 5.78 Å². The summed E-state index contributed by atoms with van der Waals surface area (Å²) in [6.07, 6.45) is 2.63. The average Bonchev–Trinajstić information content (AvgIpc) is 2.82. The number of allylic oxidation sites excluding steroid dienone is 1. The van der Waals surface area contributed by atoms with Gasteiger partial charge < -0.3 is 10.1 Å². The Morgan fingerprint density at radius 3 is 2.63 bits per heavy atom. The van der Waals surface area contributed by atoms with Crippen LogP contribution in [0.4, 0.5) is 5.69 Å². The van der Waals surface area contributed by atoms with Crippen LogP contribution in [-0.2, 0) is 9.53 Å². The number of anilines is 1. The minimum Gasteiger partial charge on any atom is -0.379 e. The van der Waals surface area contributed by atoms with Crippen LogP contribution in [0.5, 0.6) is 0 Å². The first-order chi connectivity index (χ1) is 9.33. The molecule has 2 aliphatic rings. The van der Waals surface area contributed by atoms with Crippen molar-refractivity contribution in [1.29, 1.82) is 0 Å². The smallest absolute Gasteiger partial charge is 0.180 e. The fraction of sp³-hybridized carbons (Fsp3) is 0.400. The van der Waals surface area contributed by atoms with Crippen LogP contribution in [0.1, 0.15) is 6.42 Å². The molecule has 1 aliphatic carbocycles. The van der Waals surface area contributed by atoms with Gasteiger partial charge >= 0.3 is 0 Å². The molecule has 1 saturated heterocycles. The average molecular weight is 258 g/mol. The number of Topliss-reactive ketones (excluding diaryl/α,β-unsaturated/α-hetero) is 1. The molecule has 0 radical (unpaired) electrons. The number of ether oxygens (including phenoxy) is 1. The first kappa shape index (κ1) is 12.4. The normalized spacial score (nSPS) is 24.3. The maximum atomic E-state index is 12.0. The predicted molar refractivity (Wildman–Crippen MR) is 74.0 cm³/mol. The summed E-state index contributed by atoms with van der Waals surface area (Å²) in [5.41, 5.74) is 1.69. The first-order valence-corrected chi connectivity index (χ1v) is 6.72. The summed E-state index contributed by atoms with van der Waals surface area (Å²) in [6.45, 7) is 3.35. The van der Waals surface area contributed by atoms with E-state index in [1.54, 1.807) is 0 Å². The Balaban J connectivity index is 1.69. The van der Waals surface area contributed by atoms with Gasteiger partial charge in [-0.15, -0.1) is 0 Å². The molecule has 100 valence electrons. The van der Waals surface area contributed by atoms with Gasteiger partial charge in [-0.25, -0.2) is 0 Å². The number of carbonyl (C=O) groups is 1. The molecular formula is C15H18N2O2. The summed E-state index contributed by atoms with van der Waals surface area (Å²) in [6, 6.07) is 10.0. The van der Waals surface area contributed by atoms with Crippen molar-refractivity contribution in [2.75, 3.05) is 31.6 Å². The highest BCUT2D eigenvalue weighted by atomic mass is 16.5. The molecule has 0 unspecified atom stereocenters. The quantitative estimate of drug-likeness (QED) is 0.895. The standard InChI is InChI=1S/C15H18N2O2/c18-15-11-13(17-6-8-19-9-7-17)10-14(15)16-12-4-2-1-3-5-12/h1-5,10,13,16H,6-9,11H2/t13-/m1/s1. The number of rotatable bonds is 3. The fourth-order valence-corrected chi connectivity index (χ4v) is 2.58. The molecule has 19 heavy (non-hydrogen) atoms. The van der Waals surface area contributed by atoms with Crippen LogP contribution in [0.3, 0.4) is 0 Å². The van der Waals surface area contributed by atoms with E-state index in [-0.39, 0.29) is 11.8 Å². The van der Waals surface area contributed by atoms with Gasteiger partial charge in [0.2, 0.25) is 0 Å². The zero-order chi connectivity index (χ0) is 13.1. The lowest BCUT2D eigenvalue weighted by molar-refractivity contribution is -0.115. The topological polar surface area (TPSA) is 41.6 Å². The molecule has 0 saturated carbocycles. The van der Waals surface area contributed by atoms with E-state index < -0.39 is 0 Å². The number of carbonyl (C=O) groups excluding carboxylic acids is 1. The minimum atomic E-state index is 0.195. The second-order valence-corrected chi connectivity index (χ2v) is 4.91. The molecule has 1 atom stereocenters. The van der Waals surface area contributed by atoms with Gasteiger partial charge in [-0.1, -0.05) is 18.2 Å². The van der Waals surface area contributed by atoms with Crippen LogP contribution in [-0.4, -0.2) is 43.0 Å². The lowest BCUT2D eigenvalue weighted by atomic mass is 10.2. The van der Waals surface area contributed by atoms with Crippen LogP contribution < -0.4 is 5.32 Å². The largest absolute Gasteiger partial charge is 0.379 e. The van der Waals surface area contributed by atoms with Crippen molar-refractivity contribution in [3.8, 4) is 0 Å². The van der Waals surface area contributed by atoms with Crippen LogP contribution in [0, 0.1) is 0 Å². The molecule has 1 aromatic carbocycles. The van der Waals surface area contributed by atoms with Gasteiger partial charge in [0, 0.05) is 31.2 Å². The van der Waals surface area contributed by atoms with E-state index in [4.69, 9.17) is 4.74 Å². The van der Waals surface area contributed by atoms with Crippen molar-refractivity contribution in [3.63, 3.8) is 0 Å². The lowest BCUT2D eigenvalue weighted by Crippen LogP contribution is -2.42. The highest BCUT2D eigenvalue weighted by molar-refractivity contribution is 6.01. The molecule has 1 fully saturated rings. The molecule has 1 aromatic rings. The third kappa shape index (κ3) is 2.85. The second kappa shape index (κ2) is 5.55. The van der Waals surface area contributed by atoms with Crippen LogP contribution in [0.25, 0.3) is 0 Å². The van der Waals surface area contributed by atoms with Gasteiger partial charge in [-0.3, -0.25) is 9.69 Å². The van der Waals surface area contributed by atoms with E-state index in [0.717, 1.165) is 37.7 Å². The Morgan fingerprint density at radius 2 is 1.89 bits per heavy atom. The maximum absolute atomic E-state index is 12.0. The van der Waals surface area contributed by atoms with Gasteiger partial charge in [0.25, 0.3) is 0 Å². The molecular weight excluding hydrogens is 240 g/mol. The Hall–Kier alpha value is -1.65. The SMILES string of the molecule is O=C1C[C@H](N2CCOCC2)C=C1Nc1ccccc1. The lowest BCUT2D eigenvalue weighted by Gasteiger charge is -2.30. The zero-order valence-corrected chi connectivity index (χ0v) is 10.8. The van der Waals surface area contributed by atoms with E-state index in [1.165, 1.54) is 0 Å². The van der Waals surface area contributed by atoms with E-state index in [9.17, 15) is 4.79 Å². The number of hydrogen-bond acceptors (Lipinski definition) is 4. The molecule has 1 heterocycles. The molecule has 0 bridgehead atoms. The molecule has 0 amide bonds. The van der Waals surface area contributed by atoms with E-state index in [1.807, 2.05) is 30.3 Å². The summed E-state index contributed by atoms with van der Waals surface area (Å²) in [7, 11) is 0. The molecule has 3 rings (SSSR count). The monoisotopic (exact) mass is 258 g/mol. The number of morpholine rings is 1. The summed E-state index contributed by atoms with van der Waals surface area (Å²) >= 11 is 0. The number of nitrogens with one attached hydrogen (secondary N) is 1. The Bertz CT molecular complexity index is 478. The van der Waals surface area contributed by atoms with Gasteiger partial charge in [0.05, 0.1) is 18.9 Å². The van der Waals surface area contributed by atoms with Gasteiger partial charge in [0.1, 0.15) is 0 Å². The molecule has 4 heteroatoms. The Kier molecular flexibility index (Phi) is 3.62. The van der Waals surface area contributed by atoms with Gasteiger partial charge in [-0.05, 0) is 18.2 Å². The number of ketones is 1. The van der Waals surface area contributed by atoms with Crippen molar-refractivity contribution >= 4 is 11.5 Å². The summed E-state index contributed by atoms with van der Waals surface area (Å²) < 4.78 is 5.35. The third-order valence-electron chi connectivity index (χ3n) is 3.62. The highest BCUT2D eigenvalue weighted by Gasteiger charge is 2.29. The van der Waals surface area contributed by atoms with Crippen molar-refractivity contribution in [1.82, 2.24) is 4.90 Å². The Morgan fingerprint density at radius 1 is 1.16 bits per heavy atom.